The first-order valence-electron chi connectivity index (χ1n) is 3.06. The fourth-order valence-corrected chi connectivity index (χ4v) is 1.94. The Kier molecular flexibility index (Phi) is 3.01. The summed E-state index contributed by atoms with van der Waals surface area (Å²) < 4.78 is 22.9. The molecule has 66 valence electrons. The summed E-state index contributed by atoms with van der Waals surface area (Å²) in [7, 11) is -3.13. The Hall–Kier alpha value is 0.190. The van der Waals surface area contributed by atoms with Crippen LogP contribution >= 0.6 is 34.2 Å². The van der Waals surface area contributed by atoms with Gasteiger partial charge >= 0.3 is 0 Å². The molecule has 5 heteroatoms. The topological polar surface area (TPSA) is 34.1 Å². The fraction of sp³-hybridized carbons (Fsp3) is 0.143. The summed E-state index contributed by atoms with van der Waals surface area (Å²) in [5.74, 6) is 0. The first kappa shape index (κ1) is 10.3. The Morgan fingerprint density at radius 2 is 2.00 bits per heavy atom. The van der Waals surface area contributed by atoms with Crippen molar-refractivity contribution < 1.29 is 8.42 Å². The molecule has 1 rings (SSSR count). The van der Waals surface area contributed by atoms with E-state index in [9.17, 15) is 8.42 Å². The zero-order chi connectivity index (χ0) is 9.35. The third-order valence-corrected chi connectivity index (χ3v) is 4.00. The van der Waals surface area contributed by atoms with Gasteiger partial charge in [-0.3, -0.25) is 0 Å². The minimum atomic E-state index is -3.13. The second kappa shape index (κ2) is 3.51. The molecule has 0 aliphatic rings. The lowest BCUT2D eigenvalue weighted by molar-refractivity contribution is 0.602. The van der Waals surface area contributed by atoms with Crippen LogP contribution in [0.25, 0.3) is 0 Å². The molecular formula is C7H6ClIO2S. The predicted octanol–water partition coefficient (Wildman–Crippen LogP) is 2.35. The zero-order valence-electron chi connectivity index (χ0n) is 6.21. The Morgan fingerprint density at radius 3 is 2.42 bits per heavy atom. The summed E-state index contributed by atoms with van der Waals surface area (Å²) in [6.07, 6.45) is 1.16. The van der Waals surface area contributed by atoms with Crippen molar-refractivity contribution in [3.8, 4) is 0 Å². The van der Waals surface area contributed by atoms with Crippen LogP contribution in [-0.2, 0) is 9.84 Å². The van der Waals surface area contributed by atoms with Crippen LogP contribution < -0.4 is 0 Å². The molecule has 0 atom stereocenters. The molecule has 0 N–H and O–H groups in total. The van der Waals surface area contributed by atoms with Crippen molar-refractivity contribution in [2.75, 3.05) is 6.26 Å². The molecule has 1 aromatic rings. The number of halogens is 2. The molecule has 0 heterocycles. The van der Waals surface area contributed by atoms with E-state index in [0.717, 1.165) is 9.83 Å². The van der Waals surface area contributed by atoms with Crippen molar-refractivity contribution >= 4 is 44.0 Å². The van der Waals surface area contributed by atoms with E-state index in [1.54, 1.807) is 12.1 Å². The molecule has 0 saturated heterocycles. The van der Waals surface area contributed by atoms with Crippen LogP contribution in [0.3, 0.4) is 0 Å². The Balaban J connectivity index is 3.33. The van der Waals surface area contributed by atoms with Gasteiger partial charge in [0, 0.05) is 9.83 Å². The lowest BCUT2D eigenvalue weighted by atomic mass is 10.4. The highest BCUT2D eigenvalue weighted by molar-refractivity contribution is 14.1. The maximum Gasteiger partial charge on any atom is 0.175 e. The minimum Gasteiger partial charge on any atom is -0.224 e. The number of sulfone groups is 1. The molecule has 0 unspecified atom stereocenters. The van der Waals surface area contributed by atoms with Crippen LogP contribution in [0.4, 0.5) is 0 Å². The lowest BCUT2D eigenvalue weighted by Gasteiger charge is -1.99. The third-order valence-electron chi connectivity index (χ3n) is 1.32. The van der Waals surface area contributed by atoms with Gasteiger partial charge < -0.3 is 0 Å². The van der Waals surface area contributed by atoms with Gasteiger partial charge in [0.05, 0.1) is 9.92 Å². The summed E-state index contributed by atoms with van der Waals surface area (Å²) in [4.78, 5) is 0.257. The zero-order valence-corrected chi connectivity index (χ0v) is 9.94. The van der Waals surface area contributed by atoms with E-state index in [-0.39, 0.29) is 4.90 Å². The molecule has 0 fully saturated rings. The number of hydrogen-bond acceptors (Lipinski definition) is 2. The standard InChI is InChI=1S/C7H6ClIO2S/c1-12(10,11)5-2-3-7(9)6(8)4-5/h2-4H,1H3. The lowest BCUT2D eigenvalue weighted by Crippen LogP contribution is -1.96. The largest absolute Gasteiger partial charge is 0.224 e. The van der Waals surface area contributed by atoms with Crippen molar-refractivity contribution in [1.29, 1.82) is 0 Å². The molecule has 0 spiro atoms. The van der Waals surface area contributed by atoms with Crippen molar-refractivity contribution in [3.63, 3.8) is 0 Å². The average Bonchev–Trinajstić information content (AvgIpc) is 1.92. The molecule has 0 saturated carbocycles. The highest BCUT2D eigenvalue weighted by Gasteiger charge is 2.08. The number of hydrogen-bond donors (Lipinski definition) is 0. The summed E-state index contributed by atoms with van der Waals surface area (Å²) in [6, 6.07) is 4.68. The smallest absolute Gasteiger partial charge is 0.175 e. The van der Waals surface area contributed by atoms with Crippen LogP contribution in [0.5, 0.6) is 0 Å². The fourth-order valence-electron chi connectivity index (χ4n) is 0.707. The van der Waals surface area contributed by atoms with Gasteiger partial charge in [-0.05, 0) is 40.8 Å². The van der Waals surface area contributed by atoms with Gasteiger partial charge in [-0.2, -0.15) is 0 Å². The molecule has 0 aromatic heterocycles. The highest BCUT2D eigenvalue weighted by Crippen LogP contribution is 2.21. The highest BCUT2D eigenvalue weighted by atomic mass is 127. The second-order valence-electron chi connectivity index (χ2n) is 2.35. The molecule has 12 heavy (non-hydrogen) atoms. The molecule has 0 radical (unpaired) electrons. The molecular weight excluding hydrogens is 310 g/mol. The molecule has 0 amide bonds. The van der Waals surface area contributed by atoms with Gasteiger partial charge in [-0.15, -0.1) is 0 Å². The predicted molar refractivity (Wildman–Crippen MR) is 57.3 cm³/mol. The average molecular weight is 317 g/mol. The van der Waals surface area contributed by atoms with E-state index in [4.69, 9.17) is 11.6 Å². The van der Waals surface area contributed by atoms with Gasteiger partial charge in [0.1, 0.15) is 0 Å². The normalized spacial score (nSPS) is 11.6. The van der Waals surface area contributed by atoms with Crippen LogP contribution in [0, 0.1) is 3.57 Å². The van der Waals surface area contributed by atoms with Gasteiger partial charge in [0.15, 0.2) is 9.84 Å². The van der Waals surface area contributed by atoms with Crippen molar-refractivity contribution in [2.45, 2.75) is 4.90 Å². The molecule has 0 aliphatic heterocycles. The van der Waals surface area contributed by atoms with Crippen LogP contribution in [0.1, 0.15) is 0 Å². The molecule has 0 bridgehead atoms. The quantitative estimate of drug-likeness (QED) is 0.745. The molecule has 2 nitrogen and oxygen atoms in total. The Morgan fingerprint density at radius 1 is 1.42 bits per heavy atom. The summed E-state index contributed by atoms with van der Waals surface area (Å²) in [5, 5.41) is 0.471. The van der Waals surface area contributed by atoms with Crippen LogP contribution in [0.15, 0.2) is 23.1 Å². The van der Waals surface area contributed by atoms with E-state index < -0.39 is 9.84 Å². The Bertz CT molecular complexity index is 400. The Labute approximate surface area is 90.0 Å². The summed E-state index contributed by atoms with van der Waals surface area (Å²) in [6.45, 7) is 0. The maximum absolute atomic E-state index is 11.0. The van der Waals surface area contributed by atoms with Gasteiger partial charge in [0.2, 0.25) is 0 Å². The first-order chi connectivity index (χ1) is 5.41. The van der Waals surface area contributed by atoms with Gasteiger partial charge in [0.25, 0.3) is 0 Å². The van der Waals surface area contributed by atoms with E-state index in [2.05, 4.69) is 0 Å². The summed E-state index contributed by atoms with van der Waals surface area (Å²) in [5.41, 5.74) is 0. The maximum atomic E-state index is 11.0. The second-order valence-corrected chi connectivity index (χ2v) is 5.93. The molecule has 1 aromatic carbocycles. The van der Waals surface area contributed by atoms with E-state index in [1.165, 1.54) is 6.07 Å². The van der Waals surface area contributed by atoms with Crippen molar-refractivity contribution in [1.82, 2.24) is 0 Å². The summed E-state index contributed by atoms with van der Waals surface area (Å²) >= 11 is 7.79. The number of rotatable bonds is 1. The first-order valence-corrected chi connectivity index (χ1v) is 6.41. The van der Waals surface area contributed by atoms with E-state index in [0.29, 0.717) is 5.02 Å². The van der Waals surface area contributed by atoms with Gasteiger partial charge in [-0.1, -0.05) is 11.6 Å². The monoisotopic (exact) mass is 316 g/mol. The van der Waals surface area contributed by atoms with Crippen LogP contribution in [0.2, 0.25) is 5.02 Å². The van der Waals surface area contributed by atoms with E-state index in [1.807, 2.05) is 22.6 Å². The van der Waals surface area contributed by atoms with Crippen molar-refractivity contribution in [2.24, 2.45) is 0 Å². The SMILES string of the molecule is CS(=O)(=O)c1ccc(I)c(Cl)c1. The van der Waals surface area contributed by atoms with E-state index >= 15 is 0 Å². The minimum absolute atomic E-state index is 0.257. The van der Waals surface area contributed by atoms with Crippen LogP contribution in [-0.4, -0.2) is 14.7 Å². The molecule has 0 aliphatic carbocycles. The van der Waals surface area contributed by atoms with Crippen molar-refractivity contribution in [3.05, 3.63) is 26.8 Å². The van der Waals surface area contributed by atoms with Gasteiger partial charge in [-0.25, -0.2) is 8.42 Å². The number of benzene rings is 1. The third kappa shape index (κ3) is 2.34.